The number of nitrogens with zero attached hydrogens (tertiary/aromatic N) is 2. The minimum atomic E-state index is -2.84. The Labute approximate surface area is 333 Å². The van der Waals surface area contributed by atoms with Gasteiger partial charge in [0.2, 0.25) is 0 Å². The van der Waals surface area contributed by atoms with E-state index in [9.17, 15) is 0 Å². The molecule has 0 fully saturated rings. The van der Waals surface area contributed by atoms with Crippen molar-refractivity contribution in [3.63, 3.8) is 0 Å². The van der Waals surface area contributed by atoms with E-state index in [4.69, 9.17) is 0 Å². The van der Waals surface area contributed by atoms with Gasteiger partial charge in [-0.2, -0.15) is 0 Å². The van der Waals surface area contributed by atoms with E-state index in [1.54, 1.807) is 0 Å². The summed E-state index contributed by atoms with van der Waals surface area (Å²) in [6.07, 6.45) is 0. The highest BCUT2D eigenvalue weighted by atomic mass is 28.3. The monoisotopic (exact) mass is 742 g/mol. The Morgan fingerprint density at radius 3 is 1.39 bits per heavy atom. The van der Waals surface area contributed by atoms with E-state index >= 15 is 0 Å². The Kier molecular flexibility index (Phi) is 7.87. The van der Waals surface area contributed by atoms with Crippen molar-refractivity contribution in [2.45, 2.75) is 0 Å². The van der Waals surface area contributed by atoms with Crippen LogP contribution in [0.4, 0.5) is 0 Å². The predicted octanol–water partition coefficient (Wildman–Crippen LogP) is 10.9. The van der Waals surface area contributed by atoms with Crippen LogP contribution in [-0.4, -0.2) is 17.2 Å². The first-order chi connectivity index (χ1) is 28.3. The van der Waals surface area contributed by atoms with Crippen LogP contribution < -0.4 is 20.7 Å². The number of fused-ring (bicyclic) bond motifs is 6. The van der Waals surface area contributed by atoms with Crippen molar-refractivity contribution in [1.82, 2.24) is 9.13 Å². The van der Waals surface area contributed by atoms with Crippen LogP contribution in [0, 0.1) is 0 Å². The Morgan fingerprint density at radius 2 is 0.754 bits per heavy atom. The molecule has 0 aliphatic rings. The molecule has 11 aromatic rings. The van der Waals surface area contributed by atoms with Crippen molar-refractivity contribution in [3.8, 4) is 22.5 Å². The largest absolute Gasteiger partial charge is 0.309 e. The summed E-state index contributed by atoms with van der Waals surface area (Å²) in [6.45, 7) is 0. The maximum absolute atomic E-state index is 2.84. The Morgan fingerprint density at radius 1 is 0.281 bits per heavy atom. The third-order valence-corrected chi connectivity index (χ3v) is 16.7. The van der Waals surface area contributed by atoms with Crippen LogP contribution in [0.15, 0.2) is 231 Å². The lowest BCUT2D eigenvalue weighted by atomic mass is 10.0. The smallest absolute Gasteiger partial charge is 0.180 e. The van der Waals surface area contributed by atoms with Crippen LogP contribution in [0.25, 0.3) is 66.1 Å². The molecular formula is C54H38N2Si. The summed E-state index contributed by atoms with van der Waals surface area (Å²) in [4.78, 5) is 0. The molecule has 0 aliphatic heterocycles. The third kappa shape index (κ3) is 5.17. The van der Waals surface area contributed by atoms with Gasteiger partial charge in [-0.25, -0.2) is 0 Å². The van der Waals surface area contributed by atoms with Gasteiger partial charge >= 0.3 is 0 Å². The molecule has 0 saturated carbocycles. The van der Waals surface area contributed by atoms with Crippen molar-refractivity contribution >= 4 is 72.4 Å². The molecule has 268 valence electrons. The molecular weight excluding hydrogens is 705 g/mol. The first kappa shape index (κ1) is 33.2. The second-order valence-corrected chi connectivity index (χ2v) is 18.6. The van der Waals surface area contributed by atoms with Gasteiger partial charge in [-0.1, -0.05) is 176 Å². The predicted molar refractivity (Wildman–Crippen MR) is 244 cm³/mol. The fraction of sp³-hybridized carbons (Fsp3) is 0. The minimum absolute atomic E-state index is 1.15. The molecule has 0 saturated heterocycles. The van der Waals surface area contributed by atoms with E-state index in [2.05, 4.69) is 240 Å². The molecule has 3 heteroatoms. The van der Waals surface area contributed by atoms with Gasteiger partial charge in [0.25, 0.3) is 0 Å². The van der Waals surface area contributed by atoms with E-state index in [1.807, 2.05) is 0 Å². The molecule has 57 heavy (non-hydrogen) atoms. The highest BCUT2D eigenvalue weighted by molar-refractivity contribution is 7.20. The van der Waals surface area contributed by atoms with Gasteiger partial charge in [0.15, 0.2) is 8.07 Å². The molecule has 0 N–H and O–H groups in total. The maximum atomic E-state index is 2.50. The average Bonchev–Trinajstić information content (AvgIpc) is 3.81. The van der Waals surface area contributed by atoms with Crippen molar-refractivity contribution in [1.29, 1.82) is 0 Å². The SMILES string of the molecule is c1ccc(-c2ccc3c(c2)c2cc(-n4c5ccccc5c5c([Si](c6ccccc6)(c6ccccc6)c6ccccc6)cccc54)ccc2n3-c2ccccc2)cc1. The van der Waals surface area contributed by atoms with E-state index in [0.717, 1.165) is 11.4 Å². The first-order valence-electron chi connectivity index (χ1n) is 19.7. The molecule has 9 aromatic carbocycles. The number of rotatable bonds is 7. The van der Waals surface area contributed by atoms with Gasteiger partial charge in [0.05, 0.1) is 22.1 Å². The van der Waals surface area contributed by atoms with Gasteiger partial charge in [0, 0.05) is 32.9 Å². The van der Waals surface area contributed by atoms with Gasteiger partial charge in [-0.15, -0.1) is 0 Å². The van der Waals surface area contributed by atoms with Crippen LogP contribution >= 0.6 is 0 Å². The molecule has 2 heterocycles. The van der Waals surface area contributed by atoms with Crippen molar-refractivity contribution in [2.75, 3.05) is 0 Å². The summed E-state index contributed by atoms with van der Waals surface area (Å²) in [5.41, 5.74) is 9.53. The van der Waals surface area contributed by atoms with Gasteiger partial charge in [0.1, 0.15) is 0 Å². The van der Waals surface area contributed by atoms with E-state index in [-0.39, 0.29) is 0 Å². The lowest BCUT2D eigenvalue weighted by Crippen LogP contribution is -2.74. The number of hydrogen-bond acceptors (Lipinski definition) is 0. The first-order valence-corrected chi connectivity index (χ1v) is 21.7. The number of para-hydroxylation sites is 2. The van der Waals surface area contributed by atoms with Gasteiger partial charge in [-0.05, 0) is 86.5 Å². The molecule has 0 bridgehead atoms. The van der Waals surface area contributed by atoms with Crippen LogP contribution in [0.1, 0.15) is 0 Å². The molecule has 11 rings (SSSR count). The highest BCUT2D eigenvalue weighted by Gasteiger charge is 2.43. The van der Waals surface area contributed by atoms with Crippen molar-refractivity contribution in [2.24, 2.45) is 0 Å². The zero-order valence-electron chi connectivity index (χ0n) is 31.3. The third-order valence-electron chi connectivity index (χ3n) is 11.9. The second kappa shape index (κ2) is 13.5. The topological polar surface area (TPSA) is 9.86 Å². The normalized spacial score (nSPS) is 11.9. The van der Waals surface area contributed by atoms with E-state index < -0.39 is 8.07 Å². The molecule has 0 amide bonds. The molecule has 0 atom stereocenters. The maximum Gasteiger partial charge on any atom is 0.180 e. The second-order valence-electron chi connectivity index (χ2n) is 14.9. The quantitative estimate of drug-likeness (QED) is 0.114. The van der Waals surface area contributed by atoms with Crippen molar-refractivity contribution in [3.05, 3.63) is 231 Å². The fourth-order valence-corrected chi connectivity index (χ4v) is 14.5. The van der Waals surface area contributed by atoms with Crippen LogP contribution in [0.5, 0.6) is 0 Å². The lowest BCUT2D eigenvalue weighted by molar-refractivity contribution is 1.17. The van der Waals surface area contributed by atoms with Crippen LogP contribution in [0.2, 0.25) is 0 Å². The molecule has 2 aromatic heterocycles. The van der Waals surface area contributed by atoms with Crippen LogP contribution in [-0.2, 0) is 0 Å². The van der Waals surface area contributed by atoms with Gasteiger partial charge in [-0.3, -0.25) is 0 Å². The number of aromatic nitrogens is 2. The molecule has 0 radical (unpaired) electrons. The Hall–Kier alpha value is -7.20. The summed E-state index contributed by atoms with van der Waals surface area (Å²) in [7, 11) is -2.84. The van der Waals surface area contributed by atoms with Crippen molar-refractivity contribution < 1.29 is 0 Å². The number of hydrogen-bond donors (Lipinski definition) is 0. The van der Waals surface area contributed by atoms with Crippen LogP contribution in [0.3, 0.4) is 0 Å². The Bertz CT molecular complexity index is 3110. The van der Waals surface area contributed by atoms with E-state index in [0.29, 0.717) is 0 Å². The summed E-state index contributed by atoms with van der Waals surface area (Å²) >= 11 is 0. The lowest BCUT2D eigenvalue weighted by Gasteiger charge is -2.35. The fourth-order valence-electron chi connectivity index (χ4n) is 9.46. The summed E-state index contributed by atoms with van der Waals surface area (Å²) in [5.74, 6) is 0. The van der Waals surface area contributed by atoms with Gasteiger partial charge < -0.3 is 9.13 Å². The summed E-state index contributed by atoms with van der Waals surface area (Å²) < 4.78 is 4.91. The molecule has 0 unspecified atom stereocenters. The molecule has 0 aliphatic carbocycles. The van der Waals surface area contributed by atoms with E-state index in [1.165, 1.54) is 75.5 Å². The summed E-state index contributed by atoms with van der Waals surface area (Å²) in [5, 5.41) is 10.6. The standard InChI is InChI=1S/C54H38N2Si/c1-6-19-39(20-7-1)40-33-35-50-47(37-40)48-38-42(34-36-51(48)55(50)41-21-8-2-9-22-41)56-49-30-17-16-29-46(49)54-52(56)31-18-32-53(54)57(43-23-10-3-11-24-43,44-25-12-4-13-26-44)45-27-14-5-15-28-45/h1-38H. The zero-order valence-corrected chi connectivity index (χ0v) is 32.3. The Balaban J connectivity index is 1.23. The average molecular weight is 743 g/mol. The minimum Gasteiger partial charge on any atom is -0.309 e. The highest BCUT2D eigenvalue weighted by Crippen LogP contribution is 2.38. The molecule has 2 nitrogen and oxygen atoms in total. The summed E-state index contributed by atoms with van der Waals surface area (Å²) in [6, 6.07) is 85.2. The molecule has 0 spiro atoms. The zero-order chi connectivity index (χ0) is 37.8. The number of benzene rings is 9.